The molecule has 2 N–H and O–H groups in total. The Morgan fingerprint density at radius 2 is 1.84 bits per heavy atom. The SMILES string of the molecule is Cc1ccccc1CNC(=O)c1ccnc(Nc2ccc(F)cc2)n1. The molecule has 5 nitrogen and oxygen atoms in total. The van der Waals surface area contributed by atoms with E-state index >= 15 is 0 Å². The normalized spacial score (nSPS) is 10.3. The lowest BCUT2D eigenvalue weighted by Gasteiger charge is -2.09. The minimum absolute atomic E-state index is 0.258. The third-order valence-corrected chi connectivity index (χ3v) is 3.69. The molecule has 1 aromatic heterocycles. The molecule has 6 heteroatoms. The van der Waals surface area contributed by atoms with Gasteiger partial charge in [-0.25, -0.2) is 14.4 Å². The van der Waals surface area contributed by atoms with E-state index in [2.05, 4.69) is 20.6 Å². The molecule has 0 spiro atoms. The van der Waals surface area contributed by atoms with E-state index in [0.717, 1.165) is 11.1 Å². The second-order valence-corrected chi connectivity index (χ2v) is 5.51. The van der Waals surface area contributed by atoms with E-state index in [1.54, 1.807) is 18.2 Å². The lowest BCUT2D eigenvalue weighted by Crippen LogP contribution is -2.24. The van der Waals surface area contributed by atoms with Gasteiger partial charge < -0.3 is 10.6 Å². The molecule has 0 radical (unpaired) electrons. The summed E-state index contributed by atoms with van der Waals surface area (Å²) in [5.41, 5.74) is 3.06. The fourth-order valence-corrected chi connectivity index (χ4v) is 2.28. The quantitative estimate of drug-likeness (QED) is 0.747. The zero-order chi connectivity index (χ0) is 17.6. The van der Waals surface area contributed by atoms with Crippen molar-refractivity contribution < 1.29 is 9.18 Å². The number of benzene rings is 2. The Balaban J connectivity index is 1.67. The number of hydrogen-bond donors (Lipinski definition) is 2. The molecule has 2 aromatic carbocycles. The maximum absolute atomic E-state index is 12.9. The summed E-state index contributed by atoms with van der Waals surface area (Å²) >= 11 is 0. The Bertz CT molecular complexity index is 881. The van der Waals surface area contributed by atoms with Gasteiger partial charge in [-0.3, -0.25) is 4.79 Å². The summed E-state index contributed by atoms with van der Waals surface area (Å²) < 4.78 is 12.9. The lowest BCUT2D eigenvalue weighted by molar-refractivity contribution is 0.0946. The highest BCUT2D eigenvalue weighted by molar-refractivity contribution is 5.92. The van der Waals surface area contributed by atoms with Crippen LogP contribution in [-0.4, -0.2) is 15.9 Å². The van der Waals surface area contributed by atoms with Crippen molar-refractivity contribution in [3.05, 3.63) is 83.4 Å². The van der Waals surface area contributed by atoms with Crippen LogP contribution in [0.4, 0.5) is 16.0 Å². The Morgan fingerprint density at radius 3 is 2.60 bits per heavy atom. The highest BCUT2D eigenvalue weighted by Gasteiger charge is 2.09. The van der Waals surface area contributed by atoms with Crippen molar-refractivity contribution in [2.45, 2.75) is 13.5 Å². The van der Waals surface area contributed by atoms with Crippen molar-refractivity contribution in [3.63, 3.8) is 0 Å². The summed E-state index contributed by atoms with van der Waals surface area (Å²) in [5.74, 6) is -0.334. The number of rotatable bonds is 5. The second-order valence-electron chi connectivity index (χ2n) is 5.51. The highest BCUT2D eigenvalue weighted by Crippen LogP contribution is 2.13. The van der Waals surface area contributed by atoms with Crippen LogP contribution in [0.1, 0.15) is 21.6 Å². The zero-order valence-corrected chi connectivity index (χ0v) is 13.7. The van der Waals surface area contributed by atoms with Crippen LogP contribution in [0.2, 0.25) is 0 Å². The minimum Gasteiger partial charge on any atom is -0.347 e. The molecule has 0 fully saturated rings. The number of nitrogens with zero attached hydrogens (tertiary/aromatic N) is 2. The van der Waals surface area contributed by atoms with Gasteiger partial charge in [0.2, 0.25) is 5.95 Å². The van der Waals surface area contributed by atoms with Crippen molar-refractivity contribution in [1.82, 2.24) is 15.3 Å². The summed E-state index contributed by atoms with van der Waals surface area (Å²) in [4.78, 5) is 20.6. The van der Waals surface area contributed by atoms with Crippen LogP contribution in [0.3, 0.4) is 0 Å². The smallest absolute Gasteiger partial charge is 0.270 e. The molecule has 3 aromatic rings. The molecule has 0 aliphatic rings. The molecule has 1 heterocycles. The fraction of sp³-hybridized carbons (Fsp3) is 0.105. The van der Waals surface area contributed by atoms with Crippen molar-refractivity contribution in [3.8, 4) is 0 Å². The molecule has 3 rings (SSSR count). The zero-order valence-electron chi connectivity index (χ0n) is 13.7. The average molecular weight is 336 g/mol. The van der Waals surface area contributed by atoms with Crippen LogP contribution < -0.4 is 10.6 Å². The monoisotopic (exact) mass is 336 g/mol. The first-order chi connectivity index (χ1) is 12.1. The summed E-state index contributed by atoms with van der Waals surface area (Å²) in [7, 11) is 0. The molecule has 1 amide bonds. The molecular formula is C19H17FN4O. The molecule has 25 heavy (non-hydrogen) atoms. The van der Waals surface area contributed by atoms with E-state index in [0.29, 0.717) is 12.2 Å². The number of amides is 1. The van der Waals surface area contributed by atoms with E-state index < -0.39 is 0 Å². The Kier molecular flexibility index (Phi) is 4.99. The number of hydrogen-bond acceptors (Lipinski definition) is 4. The highest BCUT2D eigenvalue weighted by atomic mass is 19.1. The molecule has 0 saturated heterocycles. The molecule has 0 aliphatic heterocycles. The maximum atomic E-state index is 12.9. The lowest BCUT2D eigenvalue weighted by atomic mass is 10.1. The van der Waals surface area contributed by atoms with Crippen molar-refractivity contribution in [2.24, 2.45) is 0 Å². The van der Waals surface area contributed by atoms with Gasteiger partial charge in [0.15, 0.2) is 0 Å². The van der Waals surface area contributed by atoms with E-state index in [9.17, 15) is 9.18 Å². The first kappa shape index (κ1) is 16.6. The van der Waals surface area contributed by atoms with Crippen LogP contribution in [0.5, 0.6) is 0 Å². The number of aryl methyl sites for hydroxylation is 1. The van der Waals surface area contributed by atoms with Crippen LogP contribution >= 0.6 is 0 Å². The Hall–Kier alpha value is -3.28. The molecule has 0 saturated carbocycles. The van der Waals surface area contributed by atoms with Gasteiger partial charge in [-0.2, -0.15) is 0 Å². The number of anilines is 2. The van der Waals surface area contributed by atoms with E-state index in [1.807, 2.05) is 31.2 Å². The first-order valence-electron chi connectivity index (χ1n) is 7.80. The fourth-order valence-electron chi connectivity index (χ4n) is 2.28. The molecule has 0 bridgehead atoms. The van der Waals surface area contributed by atoms with Gasteiger partial charge in [-0.1, -0.05) is 24.3 Å². The third-order valence-electron chi connectivity index (χ3n) is 3.69. The molecule has 0 atom stereocenters. The van der Waals surface area contributed by atoms with Gasteiger partial charge in [0.25, 0.3) is 5.91 Å². The van der Waals surface area contributed by atoms with Crippen molar-refractivity contribution in [1.29, 1.82) is 0 Å². The number of carbonyl (C=O) groups excluding carboxylic acids is 1. The number of halogens is 1. The maximum Gasteiger partial charge on any atom is 0.270 e. The summed E-state index contributed by atoms with van der Waals surface area (Å²) in [6.07, 6.45) is 1.50. The predicted octanol–water partition coefficient (Wildman–Crippen LogP) is 3.60. The van der Waals surface area contributed by atoms with E-state index in [-0.39, 0.29) is 23.4 Å². The Morgan fingerprint density at radius 1 is 1.08 bits per heavy atom. The topological polar surface area (TPSA) is 66.9 Å². The number of carbonyl (C=O) groups is 1. The molecule has 126 valence electrons. The van der Waals surface area contributed by atoms with Gasteiger partial charge in [0.1, 0.15) is 11.5 Å². The van der Waals surface area contributed by atoms with Gasteiger partial charge >= 0.3 is 0 Å². The average Bonchev–Trinajstić information content (AvgIpc) is 2.63. The van der Waals surface area contributed by atoms with Crippen LogP contribution in [0.15, 0.2) is 60.8 Å². The number of nitrogens with one attached hydrogen (secondary N) is 2. The standard InChI is InChI=1S/C19H17FN4O/c1-13-4-2-3-5-14(13)12-22-18(25)17-10-11-21-19(24-17)23-16-8-6-15(20)7-9-16/h2-11H,12H2,1H3,(H,22,25)(H,21,23,24). The summed E-state index contributed by atoms with van der Waals surface area (Å²) in [5, 5.41) is 5.79. The largest absolute Gasteiger partial charge is 0.347 e. The van der Waals surface area contributed by atoms with Gasteiger partial charge in [0.05, 0.1) is 0 Å². The molecule has 0 aliphatic carbocycles. The Labute approximate surface area is 145 Å². The second kappa shape index (κ2) is 7.53. The van der Waals surface area contributed by atoms with Gasteiger partial charge in [-0.05, 0) is 48.4 Å². The van der Waals surface area contributed by atoms with E-state index in [1.165, 1.54) is 18.3 Å². The van der Waals surface area contributed by atoms with Crippen molar-refractivity contribution in [2.75, 3.05) is 5.32 Å². The van der Waals surface area contributed by atoms with Crippen LogP contribution in [0, 0.1) is 12.7 Å². The van der Waals surface area contributed by atoms with Gasteiger partial charge in [-0.15, -0.1) is 0 Å². The summed E-state index contributed by atoms with van der Waals surface area (Å²) in [6.45, 7) is 2.42. The van der Waals surface area contributed by atoms with Crippen LogP contribution in [-0.2, 0) is 6.54 Å². The van der Waals surface area contributed by atoms with Gasteiger partial charge in [0, 0.05) is 18.4 Å². The molecular weight excluding hydrogens is 319 g/mol. The first-order valence-corrected chi connectivity index (χ1v) is 7.80. The molecule has 0 unspecified atom stereocenters. The van der Waals surface area contributed by atoms with E-state index in [4.69, 9.17) is 0 Å². The predicted molar refractivity (Wildman–Crippen MR) is 94.1 cm³/mol. The van der Waals surface area contributed by atoms with Crippen LogP contribution in [0.25, 0.3) is 0 Å². The minimum atomic E-state index is -0.323. The third kappa shape index (κ3) is 4.38. The van der Waals surface area contributed by atoms with Crippen molar-refractivity contribution >= 4 is 17.5 Å². The summed E-state index contributed by atoms with van der Waals surface area (Å²) in [6, 6.07) is 15.2. The number of aromatic nitrogens is 2.